The number of nitrogens with zero attached hydrogens (tertiary/aromatic N) is 1. The van der Waals surface area contributed by atoms with Gasteiger partial charge in [-0.25, -0.2) is 10.6 Å². The van der Waals surface area contributed by atoms with Crippen molar-refractivity contribution in [1.29, 1.82) is 0 Å². The smallest absolute Gasteiger partial charge is 0.328 e. The lowest BCUT2D eigenvalue weighted by molar-refractivity contribution is 0.198. The zero-order valence-corrected chi connectivity index (χ0v) is 9.84. The summed E-state index contributed by atoms with van der Waals surface area (Å²) in [5.74, 6) is 5.65. The van der Waals surface area contributed by atoms with Gasteiger partial charge in [-0.15, -0.1) is 0 Å². The fraction of sp³-hybridized carbons (Fsp3) is 0.900. The summed E-state index contributed by atoms with van der Waals surface area (Å²) in [6.07, 6.45) is 1.20. The van der Waals surface area contributed by atoms with Crippen LogP contribution in [0.1, 0.15) is 20.3 Å². The third kappa shape index (κ3) is 3.35. The monoisotopic (exact) mass is 214 g/mol. The molecule has 0 saturated carbocycles. The lowest BCUT2D eigenvalue weighted by atomic mass is 9.78. The summed E-state index contributed by atoms with van der Waals surface area (Å²) >= 11 is 0. The number of likely N-dealkylation sites (tertiary alicyclic amines) is 1. The van der Waals surface area contributed by atoms with Crippen molar-refractivity contribution in [2.45, 2.75) is 20.3 Å². The van der Waals surface area contributed by atoms with Crippen molar-refractivity contribution < 1.29 is 4.79 Å². The lowest BCUT2D eigenvalue weighted by Gasteiger charge is -2.31. The van der Waals surface area contributed by atoms with Crippen molar-refractivity contribution in [3.63, 3.8) is 0 Å². The van der Waals surface area contributed by atoms with Crippen LogP contribution in [0.25, 0.3) is 0 Å². The van der Waals surface area contributed by atoms with Crippen molar-refractivity contribution in [2.75, 3.05) is 26.7 Å². The zero-order valence-electron chi connectivity index (χ0n) is 9.84. The van der Waals surface area contributed by atoms with Gasteiger partial charge in [0.1, 0.15) is 0 Å². The summed E-state index contributed by atoms with van der Waals surface area (Å²) in [4.78, 5) is 13.3. The number of nitrogens with one attached hydrogen (secondary N) is 2. The van der Waals surface area contributed by atoms with E-state index in [1.165, 1.54) is 6.42 Å². The Bertz CT molecular complexity index is 229. The summed E-state index contributed by atoms with van der Waals surface area (Å²) in [7, 11) is 2.14. The second kappa shape index (κ2) is 4.81. The van der Waals surface area contributed by atoms with Crippen LogP contribution < -0.4 is 16.6 Å². The first-order valence-electron chi connectivity index (χ1n) is 5.38. The molecule has 88 valence electrons. The Balaban J connectivity index is 2.40. The van der Waals surface area contributed by atoms with E-state index in [1.807, 2.05) is 0 Å². The van der Waals surface area contributed by atoms with Gasteiger partial charge >= 0.3 is 6.03 Å². The van der Waals surface area contributed by atoms with E-state index in [4.69, 9.17) is 5.84 Å². The van der Waals surface area contributed by atoms with Crippen molar-refractivity contribution >= 4 is 6.03 Å². The fourth-order valence-electron chi connectivity index (χ4n) is 2.08. The Hall–Kier alpha value is -0.810. The molecule has 15 heavy (non-hydrogen) atoms. The van der Waals surface area contributed by atoms with E-state index >= 15 is 0 Å². The van der Waals surface area contributed by atoms with Crippen LogP contribution in [0.2, 0.25) is 0 Å². The molecule has 5 nitrogen and oxygen atoms in total. The summed E-state index contributed by atoms with van der Waals surface area (Å²) < 4.78 is 0. The molecule has 1 unspecified atom stereocenters. The highest BCUT2D eigenvalue weighted by atomic mass is 16.2. The Kier molecular flexibility index (Phi) is 3.93. The first-order valence-corrected chi connectivity index (χ1v) is 5.38. The van der Waals surface area contributed by atoms with Crippen LogP contribution in [0.15, 0.2) is 0 Å². The molecule has 4 N–H and O–H groups in total. The summed E-state index contributed by atoms with van der Waals surface area (Å²) in [5.41, 5.74) is 2.20. The van der Waals surface area contributed by atoms with Crippen LogP contribution >= 0.6 is 0 Å². The highest BCUT2D eigenvalue weighted by Crippen LogP contribution is 2.32. The Morgan fingerprint density at radius 3 is 2.73 bits per heavy atom. The summed E-state index contributed by atoms with van der Waals surface area (Å²) in [6.45, 7) is 7.30. The number of carbonyl (C=O) groups excluding carboxylic acids is 1. The third-order valence-electron chi connectivity index (χ3n) is 3.33. The number of hydrazine groups is 1. The van der Waals surface area contributed by atoms with Gasteiger partial charge in [-0.05, 0) is 31.3 Å². The molecule has 2 amide bonds. The third-order valence-corrected chi connectivity index (χ3v) is 3.33. The molecule has 5 heteroatoms. The zero-order chi connectivity index (χ0) is 11.5. The van der Waals surface area contributed by atoms with Crippen LogP contribution in [-0.2, 0) is 0 Å². The molecule has 0 bridgehead atoms. The molecule has 1 heterocycles. The predicted molar refractivity (Wildman–Crippen MR) is 60.1 cm³/mol. The molecule has 1 atom stereocenters. The number of nitrogens with two attached hydrogens (primary N) is 1. The van der Waals surface area contributed by atoms with E-state index in [9.17, 15) is 4.79 Å². The SMILES string of the molecule is CN1CCC(C(C)(C)CNC(=O)NN)C1. The molecule has 1 rings (SSSR count). The Labute approximate surface area is 91.3 Å². The molecule has 0 radical (unpaired) electrons. The van der Waals surface area contributed by atoms with Crippen LogP contribution in [-0.4, -0.2) is 37.6 Å². The number of rotatable bonds is 3. The van der Waals surface area contributed by atoms with E-state index < -0.39 is 0 Å². The Morgan fingerprint density at radius 1 is 1.60 bits per heavy atom. The van der Waals surface area contributed by atoms with Gasteiger partial charge in [-0.2, -0.15) is 0 Å². The minimum Gasteiger partial charge on any atom is -0.337 e. The number of amides is 2. The first kappa shape index (κ1) is 12.3. The number of carbonyl (C=O) groups is 1. The van der Waals surface area contributed by atoms with Crippen molar-refractivity contribution in [1.82, 2.24) is 15.6 Å². The van der Waals surface area contributed by atoms with E-state index in [1.54, 1.807) is 0 Å². The topological polar surface area (TPSA) is 70.4 Å². The van der Waals surface area contributed by atoms with E-state index in [2.05, 4.69) is 36.5 Å². The molecule has 1 fully saturated rings. The molecule has 1 saturated heterocycles. The maximum absolute atomic E-state index is 11.0. The van der Waals surface area contributed by atoms with E-state index in [0.717, 1.165) is 13.1 Å². The molecular weight excluding hydrogens is 192 g/mol. The minimum absolute atomic E-state index is 0.122. The average Bonchev–Trinajstić information content (AvgIpc) is 2.62. The van der Waals surface area contributed by atoms with Gasteiger partial charge in [0, 0.05) is 13.1 Å². The van der Waals surface area contributed by atoms with Gasteiger partial charge in [0.25, 0.3) is 0 Å². The average molecular weight is 214 g/mol. The normalized spacial score (nSPS) is 22.8. The number of hydrogen-bond acceptors (Lipinski definition) is 3. The Morgan fingerprint density at radius 2 is 2.27 bits per heavy atom. The fourth-order valence-corrected chi connectivity index (χ4v) is 2.08. The van der Waals surface area contributed by atoms with Crippen molar-refractivity contribution in [2.24, 2.45) is 17.2 Å². The highest BCUT2D eigenvalue weighted by molar-refractivity contribution is 5.73. The van der Waals surface area contributed by atoms with E-state index in [-0.39, 0.29) is 11.4 Å². The maximum atomic E-state index is 11.0. The van der Waals surface area contributed by atoms with Crippen molar-refractivity contribution in [3.8, 4) is 0 Å². The number of hydrogen-bond donors (Lipinski definition) is 3. The molecule has 1 aliphatic rings. The van der Waals surface area contributed by atoms with Gasteiger partial charge in [0.05, 0.1) is 0 Å². The minimum atomic E-state index is -0.311. The summed E-state index contributed by atoms with van der Waals surface area (Å²) in [6, 6.07) is -0.311. The molecule has 0 spiro atoms. The maximum Gasteiger partial charge on any atom is 0.328 e. The van der Waals surface area contributed by atoms with Gasteiger partial charge in [-0.1, -0.05) is 13.8 Å². The van der Waals surface area contributed by atoms with Crippen LogP contribution in [0, 0.1) is 11.3 Å². The second-order valence-electron chi connectivity index (χ2n) is 5.06. The molecule has 0 aromatic carbocycles. The molecule has 0 aromatic heterocycles. The standard InChI is InChI=1S/C10H22N4O/c1-10(2,7-12-9(15)13-11)8-4-5-14(3)6-8/h8H,4-7,11H2,1-3H3,(H2,12,13,15). The number of urea groups is 1. The van der Waals surface area contributed by atoms with Gasteiger partial charge < -0.3 is 10.2 Å². The first-order chi connectivity index (χ1) is 6.95. The van der Waals surface area contributed by atoms with Crippen LogP contribution in [0.5, 0.6) is 0 Å². The predicted octanol–water partition coefficient (Wildman–Crippen LogP) is 0.137. The van der Waals surface area contributed by atoms with Gasteiger partial charge in [0.15, 0.2) is 0 Å². The van der Waals surface area contributed by atoms with Crippen LogP contribution in [0.3, 0.4) is 0 Å². The largest absolute Gasteiger partial charge is 0.337 e. The van der Waals surface area contributed by atoms with Crippen LogP contribution in [0.4, 0.5) is 4.79 Å². The second-order valence-corrected chi connectivity index (χ2v) is 5.06. The quantitative estimate of drug-likeness (QED) is 0.355. The van der Waals surface area contributed by atoms with Gasteiger partial charge in [0.2, 0.25) is 0 Å². The summed E-state index contributed by atoms with van der Waals surface area (Å²) in [5, 5.41) is 2.77. The molecule has 0 aromatic rings. The van der Waals surface area contributed by atoms with Crippen molar-refractivity contribution in [3.05, 3.63) is 0 Å². The molecular formula is C10H22N4O. The highest BCUT2D eigenvalue weighted by Gasteiger charge is 2.33. The molecule has 1 aliphatic heterocycles. The lowest BCUT2D eigenvalue weighted by Crippen LogP contribution is -2.45. The molecule has 0 aliphatic carbocycles. The van der Waals surface area contributed by atoms with E-state index in [0.29, 0.717) is 12.5 Å². The van der Waals surface area contributed by atoms with Gasteiger partial charge in [-0.3, -0.25) is 5.43 Å².